The predicted octanol–water partition coefficient (Wildman–Crippen LogP) is 2.00. The van der Waals surface area contributed by atoms with Gasteiger partial charge in [0.2, 0.25) is 5.91 Å². The third-order valence-electron chi connectivity index (χ3n) is 2.40. The maximum absolute atomic E-state index is 11.4. The number of nitrogens with zero attached hydrogens (tertiary/aromatic N) is 1. The van der Waals surface area contributed by atoms with Crippen LogP contribution in [-0.2, 0) is 4.79 Å². The standard InChI is InChI=1S/C10H10BrNO/c1-12-6-9(10(12)13)7-2-4-8(11)5-3-7/h2-5,9H,6H2,1H3. The Morgan fingerprint density at radius 3 is 2.46 bits per heavy atom. The van der Waals surface area contributed by atoms with E-state index in [0.29, 0.717) is 0 Å². The fourth-order valence-electron chi connectivity index (χ4n) is 1.54. The largest absolute Gasteiger partial charge is 0.344 e. The van der Waals surface area contributed by atoms with Gasteiger partial charge in [0.25, 0.3) is 0 Å². The van der Waals surface area contributed by atoms with E-state index >= 15 is 0 Å². The van der Waals surface area contributed by atoms with E-state index in [4.69, 9.17) is 0 Å². The van der Waals surface area contributed by atoms with Crippen LogP contribution in [0.15, 0.2) is 28.7 Å². The summed E-state index contributed by atoms with van der Waals surface area (Å²) in [5.74, 6) is 0.320. The zero-order valence-corrected chi connectivity index (χ0v) is 8.91. The van der Waals surface area contributed by atoms with E-state index in [0.717, 1.165) is 16.6 Å². The number of likely N-dealkylation sites (N-methyl/N-ethyl adjacent to an activating group) is 1. The molecule has 0 aliphatic carbocycles. The highest BCUT2D eigenvalue weighted by atomic mass is 79.9. The molecule has 1 aromatic rings. The number of amides is 1. The molecule has 1 aliphatic heterocycles. The predicted molar refractivity (Wildman–Crippen MR) is 54.5 cm³/mol. The lowest BCUT2D eigenvalue weighted by molar-refractivity contribution is -0.140. The number of carbonyl (C=O) groups is 1. The number of benzene rings is 1. The van der Waals surface area contributed by atoms with Gasteiger partial charge in [-0.25, -0.2) is 0 Å². The van der Waals surface area contributed by atoms with Crippen LogP contribution in [0.1, 0.15) is 11.5 Å². The van der Waals surface area contributed by atoms with Gasteiger partial charge in [-0.05, 0) is 17.7 Å². The molecule has 0 saturated carbocycles. The summed E-state index contributed by atoms with van der Waals surface area (Å²) in [5, 5.41) is 0. The molecule has 1 atom stereocenters. The Kier molecular flexibility index (Phi) is 2.12. The Morgan fingerprint density at radius 2 is 2.00 bits per heavy atom. The van der Waals surface area contributed by atoms with Crippen LogP contribution in [0.2, 0.25) is 0 Å². The monoisotopic (exact) mass is 239 g/mol. The molecule has 0 radical (unpaired) electrons. The van der Waals surface area contributed by atoms with Gasteiger partial charge in [-0.2, -0.15) is 0 Å². The lowest BCUT2D eigenvalue weighted by atomic mass is 9.91. The Hall–Kier alpha value is -0.830. The van der Waals surface area contributed by atoms with E-state index in [2.05, 4.69) is 15.9 Å². The van der Waals surface area contributed by atoms with Gasteiger partial charge in [0, 0.05) is 18.1 Å². The van der Waals surface area contributed by atoms with Crippen LogP contribution in [0.3, 0.4) is 0 Å². The van der Waals surface area contributed by atoms with Crippen molar-refractivity contribution in [1.29, 1.82) is 0 Å². The van der Waals surface area contributed by atoms with E-state index in [1.165, 1.54) is 0 Å². The molecule has 1 heterocycles. The SMILES string of the molecule is CN1CC(c2ccc(Br)cc2)C1=O. The summed E-state index contributed by atoms with van der Waals surface area (Å²) in [6.45, 7) is 0.848. The highest BCUT2D eigenvalue weighted by molar-refractivity contribution is 9.10. The first-order valence-corrected chi connectivity index (χ1v) is 4.98. The first-order valence-electron chi connectivity index (χ1n) is 4.19. The van der Waals surface area contributed by atoms with Crippen LogP contribution in [0.5, 0.6) is 0 Å². The number of hydrogen-bond donors (Lipinski definition) is 0. The average Bonchev–Trinajstić information content (AvgIpc) is 2.15. The molecule has 2 rings (SSSR count). The van der Waals surface area contributed by atoms with Crippen LogP contribution in [0.25, 0.3) is 0 Å². The molecule has 0 aromatic heterocycles. The van der Waals surface area contributed by atoms with Gasteiger partial charge in [0.05, 0.1) is 5.92 Å². The first kappa shape index (κ1) is 8.75. The summed E-state index contributed by atoms with van der Waals surface area (Å²) in [6, 6.07) is 7.95. The molecule has 68 valence electrons. The van der Waals surface area contributed by atoms with Crippen molar-refractivity contribution in [2.45, 2.75) is 5.92 Å². The fraction of sp³-hybridized carbons (Fsp3) is 0.300. The number of halogens is 1. The van der Waals surface area contributed by atoms with Crippen molar-refractivity contribution in [3.8, 4) is 0 Å². The number of carbonyl (C=O) groups excluding carboxylic acids is 1. The topological polar surface area (TPSA) is 20.3 Å². The van der Waals surface area contributed by atoms with E-state index in [1.807, 2.05) is 31.3 Å². The molecular formula is C10H10BrNO. The zero-order valence-electron chi connectivity index (χ0n) is 7.33. The van der Waals surface area contributed by atoms with Gasteiger partial charge in [-0.15, -0.1) is 0 Å². The Bertz CT molecular complexity index is 333. The van der Waals surface area contributed by atoms with Crippen LogP contribution in [0, 0.1) is 0 Å². The number of β-lactam (4-membered cyclic amide) rings is 1. The number of rotatable bonds is 1. The second-order valence-electron chi connectivity index (χ2n) is 3.32. The molecule has 3 heteroatoms. The van der Waals surface area contributed by atoms with Crippen molar-refractivity contribution in [2.24, 2.45) is 0 Å². The molecule has 1 amide bonds. The van der Waals surface area contributed by atoms with Gasteiger partial charge >= 0.3 is 0 Å². The van der Waals surface area contributed by atoms with Crippen molar-refractivity contribution in [3.05, 3.63) is 34.3 Å². The van der Waals surface area contributed by atoms with Crippen molar-refractivity contribution >= 4 is 21.8 Å². The van der Waals surface area contributed by atoms with Gasteiger partial charge < -0.3 is 4.90 Å². The average molecular weight is 240 g/mol. The second-order valence-corrected chi connectivity index (χ2v) is 4.24. The minimum absolute atomic E-state index is 0.0955. The van der Waals surface area contributed by atoms with Gasteiger partial charge in [-0.1, -0.05) is 28.1 Å². The number of hydrogen-bond acceptors (Lipinski definition) is 1. The minimum Gasteiger partial charge on any atom is -0.344 e. The Morgan fingerprint density at radius 1 is 1.38 bits per heavy atom. The molecule has 13 heavy (non-hydrogen) atoms. The molecule has 1 saturated heterocycles. The maximum atomic E-state index is 11.4. The molecule has 0 N–H and O–H groups in total. The lowest BCUT2D eigenvalue weighted by Gasteiger charge is -2.35. The molecule has 1 aromatic carbocycles. The second kappa shape index (κ2) is 3.14. The lowest BCUT2D eigenvalue weighted by Crippen LogP contribution is -2.47. The smallest absolute Gasteiger partial charge is 0.231 e. The minimum atomic E-state index is 0.0955. The van der Waals surface area contributed by atoms with Crippen molar-refractivity contribution < 1.29 is 4.79 Å². The fourth-order valence-corrected chi connectivity index (χ4v) is 1.80. The number of likely N-dealkylation sites (tertiary alicyclic amines) is 1. The van der Waals surface area contributed by atoms with E-state index < -0.39 is 0 Å². The quantitative estimate of drug-likeness (QED) is 0.687. The van der Waals surface area contributed by atoms with Gasteiger partial charge in [0.1, 0.15) is 0 Å². The molecule has 1 aliphatic rings. The summed E-state index contributed by atoms with van der Waals surface area (Å²) in [5.41, 5.74) is 1.12. The summed E-state index contributed by atoms with van der Waals surface area (Å²) in [6.07, 6.45) is 0. The van der Waals surface area contributed by atoms with E-state index in [1.54, 1.807) is 4.90 Å². The normalized spacial score (nSPS) is 21.5. The maximum Gasteiger partial charge on any atom is 0.231 e. The van der Waals surface area contributed by atoms with E-state index in [-0.39, 0.29) is 11.8 Å². The van der Waals surface area contributed by atoms with Gasteiger partial charge in [-0.3, -0.25) is 4.79 Å². The molecule has 1 unspecified atom stereocenters. The first-order chi connectivity index (χ1) is 6.18. The summed E-state index contributed by atoms with van der Waals surface area (Å²) >= 11 is 3.37. The summed E-state index contributed by atoms with van der Waals surface area (Å²) in [4.78, 5) is 13.1. The molecule has 1 fully saturated rings. The molecule has 0 spiro atoms. The van der Waals surface area contributed by atoms with Crippen LogP contribution >= 0.6 is 15.9 Å². The van der Waals surface area contributed by atoms with Gasteiger partial charge in [0.15, 0.2) is 0 Å². The van der Waals surface area contributed by atoms with E-state index in [9.17, 15) is 4.79 Å². The Labute approximate surface area is 85.7 Å². The highest BCUT2D eigenvalue weighted by Gasteiger charge is 2.34. The summed E-state index contributed by atoms with van der Waals surface area (Å²) in [7, 11) is 1.83. The van der Waals surface area contributed by atoms with Crippen LogP contribution in [0.4, 0.5) is 0 Å². The third kappa shape index (κ3) is 1.48. The van der Waals surface area contributed by atoms with Crippen LogP contribution in [-0.4, -0.2) is 24.4 Å². The zero-order chi connectivity index (χ0) is 9.42. The highest BCUT2D eigenvalue weighted by Crippen LogP contribution is 2.27. The summed E-state index contributed by atoms with van der Waals surface area (Å²) < 4.78 is 1.05. The molecular weight excluding hydrogens is 230 g/mol. The molecule has 2 nitrogen and oxygen atoms in total. The Balaban J connectivity index is 2.19. The van der Waals surface area contributed by atoms with Crippen molar-refractivity contribution in [1.82, 2.24) is 4.90 Å². The van der Waals surface area contributed by atoms with Crippen LogP contribution < -0.4 is 0 Å². The van der Waals surface area contributed by atoms with Crippen molar-refractivity contribution in [3.63, 3.8) is 0 Å². The third-order valence-corrected chi connectivity index (χ3v) is 2.93. The molecule has 0 bridgehead atoms. The van der Waals surface area contributed by atoms with Crippen molar-refractivity contribution in [2.75, 3.05) is 13.6 Å².